The number of rotatable bonds is 12. The summed E-state index contributed by atoms with van der Waals surface area (Å²) in [7, 11) is 3.98. The molecule has 2 heterocycles. The molecule has 2 aliphatic rings. The smallest absolute Gasteiger partial charge is 0.224 e. The number of benzene rings is 2. The molecule has 10 heteroatoms. The van der Waals surface area contributed by atoms with E-state index in [1.165, 1.54) is 12.8 Å². The van der Waals surface area contributed by atoms with Gasteiger partial charge in [-0.25, -0.2) is 0 Å². The first-order chi connectivity index (χ1) is 19.8. The van der Waals surface area contributed by atoms with E-state index in [9.17, 15) is 10.1 Å². The molecule has 2 aromatic carbocycles. The molecule has 0 saturated carbocycles. The molecule has 2 aromatic rings. The lowest BCUT2D eigenvalue weighted by Gasteiger charge is -2.33. The van der Waals surface area contributed by atoms with Crippen LogP contribution in [0.15, 0.2) is 30.3 Å². The highest BCUT2D eigenvalue weighted by atomic mass is 35.5. The number of nitriles is 1. The van der Waals surface area contributed by atoms with Crippen LogP contribution in [0.25, 0.3) is 0 Å². The normalized spacial score (nSPS) is 21.8. The number of nitrogens with one attached hydrogen (secondary N) is 4. The number of amides is 1. The zero-order valence-electron chi connectivity index (χ0n) is 24.6. The molecule has 4 N–H and O–H groups in total. The first kappa shape index (κ1) is 30.8. The summed E-state index contributed by atoms with van der Waals surface area (Å²) >= 11 is 6.63. The molecular weight excluding hydrogens is 540 g/mol. The lowest BCUT2D eigenvalue weighted by molar-refractivity contribution is -0.116. The van der Waals surface area contributed by atoms with Crippen molar-refractivity contribution in [2.75, 3.05) is 56.3 Å². The molecule has 0 aliphatic carbocycles. The lowest BCUT2D eigenvalue weighted by atomic mass is 9.88. The Labute approximate surface area is 248 Å². The van der Waals surface area contributed by atoms with E-state index in [1.807, 2.05) is 51.4 Å². The second-order valence-electron chi connectivity index (χ2n) is 11.2. The summed E-state index contributed by atoms with van der Waals surface area (Å²) in [5.74, 6) is 0.817. The molecule has 4 rings (SSSR count). The SMILES string of the molecule is CCOc1cc2c(cc1NC(=O)CCCN(C)C)C(Nc1ccc(OCC3CCCC(C)N3)c(Cl)c1)C(C#N)CN2. The molecule has 1 fully saturated rings. The van der Waals surface area contributed by atoms with E-state index in [0.29, 0.717) is 60.5 Å². The van der Waals surface area contributed by atoms with Gasteiger partial charge in [0.25, 0.3) is 0 Å². The van der Waals surface area contributed by atoms with Gasteiger partial charge >= 0.3 is 0 Å². The molecule has 4 unspecified atom stereocenters. The molecule has 0 spiro atoms. The second-order valence-corrected chi connectivity index (χ2v) is 11.6. The maximum atomic E-state index is 12.8. The number of anilines is 3. The first-order valence-electron chi connectivity index (χ1n) is 14.6. The number of hydrogen-bond donors (Lipinski definition) is 4. The summed E-state index contributed by atoms with van der Waals surface area (Å²) in [4.78, 5) is 14.8. The highest BCUT2D eigenvalue weighted by Crippen LogP contribution is 2.42. The van der Waals surface area contributed by atoms with Crippen molar-refractivity contribution in [2.45, 2.75) is 64.1 Å². The van der Waals surface area contributed by atoms with Gasteiger partial charge in [-0.3, -0.25) is 4.79 Å². The minimum absolute atomic E-state index is 0.0712. The van der Waals surface area contributed by atoms with E-state index >= 15 is 0 Å². The highest BCUT2D eigenvalue weighted by molar-refractivity contribution is 6.32. The Balaban J connectivity index is 1.51. The van der Waals surface area contributed by atoms with Gasteiger partial charge in [-0.2, -0.15) is 5.26 Å². The highest BCUT2D eigenvalue weighted by Gasteiger charge is 2.31. The molecule has 0 aromatic heterocycles. The van der Waals surface area contributed by atoms with Gasteiger partial charge in [0.1, 0.15) is 18.1 Å². The largest absolute Gasteiger partial charge is 0.492 e. The van der Waals surface area contributed by atoms with Gasteiger partial charge in [-0.1, -0.05) is 18.0 Å². The summed E-state index contributed by atoms with van der Waals surface area (Å²) in [5.41, 5.74) is 3.13. The zero-order chi connectivity index (χ0) is 29.4. The summed E-state index contributed by atoms with van der Waals surface area (Å²) in [6.45, 7) is 6.46. The van der Waals surface area contributed by atoms with Crippen LogP contribution in [0, 0.1) is 17.2 Å². The van der Waals surface area contributed by atoms with Crippen molar-refractivity contribution >= 4 is 34.6 Å². The number of ether oxygens (including phenoxy) is 2. The fraction of sp³-hybridized carbons (Fsp3) is 0.548. The van der Waals surface area contributed by atoms with Crippen LogP contribution in [0.2, 0.25) is 5.02 Å². The predicted octanol–water partition coefficient (Wildman–Crippen LogP) is 5.65. The van der Waals surface area contributed by atoms with E-state index in [0.717, 1.165) is 36.3 Å². The molecule has 0 bridgehead atoms. The minimum atomic E-state index is -0.349. The molecule has 9 nitrogen and oxygen atoms in total. The van der Waals surface area contributed by atoms with Crippen LogP contribution < -0.4 is 30.7 Å². The average molecular weight is 583 g/mol. The van der Waals surface area contributed by atoms with Crippen LogP contribution in [-0.2, 0) is 4.79 Å². The van der Waals surface area contributed by atoms with E-state index < -0.39 is 0 Å². The van der Waals surface area contributed by atoms with Crippen molar-refractivity contribution in [3.8, 4) is 17.6 Å². The van der Waals surface area contributed by atoms with Gasteiger partial charge in [0.2, 0.25) is 5.91 Å². The summed E-state index contributed by atoms with van der Waals surface area (Å²) in [6.07, 6.45) is 4.65. The van der Waals surface area contributed by atoms with Crippen LogP contribution in [0.5, 0.6) is 11.5 Å². The number of hydrogen-bond acceptors (Lipinski definition) is 8. The first-order valence-corrected chi connectivity index (χ1v) is 15.0. The topological polar surface area (TPSA) is 111 Å². The quantitative estimate of drug-likeness (QED) is 0.254. The maximum absolute atomic E-state index is 12.8. The third-order valence-corrected chi connectivity index (χ3v) is 7.85. The van der Waals surface area contributed by atoms with Crippen LogP contribution >= 0.6 is 11.6 Å². The molecule has 0 radical (unpaired) electrons. The van der Waals surface area contributed by atoms with Crippen LogP contribution in [-0.4, -0.2) is 63.3 Å². The summed E-state index contributed by atoms with van der Waals surface area (Å²) in [6, 6.07) is 12.4. The van der Waals surface area contributed by atoms with Crippen LogP contribution in [0.3, 0.4) is 0 Å². The number of piperidine rings is 1. The standard InChI is InChI=1S/C31H43ClN6O3/c1-5-40-29-16-26-24(15-27(29)37-30(39)10-7-13-38(3)4)31(21(17-33)18-34-26)36-22-11-12-28(25(32)14-22)41-19-23-9-6-8-20(2)35-23/h11-12,14-16,20-21,23,31,34-36H,5-10,13,18-19H2,1-4H3,(H,37,39). The average Bonchev–Trinajstić information content (AvgIpc) is 2.93. The Morgan fingerprint density at radius 2 is 2.02 bits per heavy atom. The molecule has 41 heavy (non-hydrogen) atoms. The van der Waals surface area contributed by atoms with Crippen molar-refractivity contribution in [1.29, 1.82) is 5.26 Å². The number of halogens is 1. The van der Waals surface area contributed by atoms with Crippen LogP contribution in [0.4, 0.5) is 17.1 Å². The van der Waals surface area contributed by atoms with Crippen molar-refractivity contribution in [3.63, 3.8) is 0 Å². The van der Waals surface area contributed by atoms with Crippen molar-refractivity contribution < 1.29 is 14.3 Å². The minimum Gasteiger partial charge on any atom is -0.492 e. The fourth-order valence-corrected chi connectivity index (χ4v) is 5.68. The van der Waals surface area contributed by atoms with Crippen molar-refractivity contribution in [1.82, 2.24) is 10.2 Å². The van der Waals surface area contributed by atoms with Gasteiger partial charge < -0.3 is 35.6 Å². The monoisotopic (exact) mass is 582 g/mol. The van der Waals surface area contributed by atoms with E-state index in [2.05, 4.69) is 39.2 Å². The van der Waals surface area contributed by atoms with Crippen molar-refractivity contribution in [2.24, 2.45) is 5.92 Å². The van der Waals surface area contributed by atoms with E-state index in [-0.39, 0.29) is 17.9 Å². The molecule has 2 aliphatic heterocycles. The van der Waals surface area contributed by atoms with Gasteiger partial charge in [0.15, 0.2) is 0 Å². The van der Waals surface area contributed by atoms with Gasteiger partial charge in [0.05, 0.1) is 35.3 Å². The fourth-order valence-electron chi connectivity index (χ4n) is 5.45. The third kappa shape index (κ3) is 8.41. The Kier molecular flexibility index (Phi) is 11.0. The lowest BCUT2D eigenvalue weighted by Crippen LogP contribution is -2.43. The molecule has 1 saturated heterocycles. The zero-order valence-corrected chi connectivity index (χ0v) is 25.3. The number of carbonyl (C=O) groups excluding carboxylic acids is 1. The molecular formula is C31H43ClN6O3. The number of fused-ring (bicyclic) bond motifs is 1. The number of carbonyl (C=O) groups is 1. The number of nitrogens with zero attached hydrogens (tertiary/aromatic N) is 2. The Morgan fingerprint density at radius 3 is 2.73 bits per heavy atom. The van der Waals surface area contributed by atoms with Crippen molar-refractivity contribution in [3.05, 3.63) is 40.9 Å². The second kappa shape index (κ2) is 14.6. The Bertz CT molecular complexity index is 1230. The van der Waals surface area contributed by atoms with Gasteiger partial charge in [-0.15, -0.1) is 0 Å². The van der Waals surface area contributed by atoms with Crippen LogP contribution in [0.1, 0.15) is 57.6 Å². The van der Waals surface area contributed by atoms with Gasteiger partial charge in [-0.05, 0) is 78.0 Å². The molecule has 4 atom stereocenters. The third-order valence-electron chi connectivity index (χ3n) is 7.55. The van der Waals surface area contributed by atoms with Gasteiger partial charge in [0, 0.05) is 48.1 Å². The molecule has 1 amide bonds. The molecule has 222 valence electrons. The van der Waals surface area contributed by atoms with E-state index in [1.54, 1.807) is 0 Å². The maximum Gasteiger partial charge on any atom is 0.224 e. The Morgan fingerprint density at radius 1 is 1.20 bits per heavy atom. The summed E-state index contributed by atoms with van der Waals surface area (Å²) in [5, 5.41) is 24.0. The van der Waals surface area contributed by atoms with E-state index in [4.69, 9.17) is 21.1 Å². The Hall–Kier alpha value is -3.19. The summed E-state index contributed by atoms with van der Waals surface area (Å²) < 4.78 is 11.9. The predicted molar refractivity (Wildman–Crippen MR) is 165 cm³/mol.